The molecule has 150 valence electrons. The van der Waals surface area contributed by atoms with Gasteiger partial charge in [-0.2, -0.15) is 0 Å². The summed E-state index contributed by atoms with van der Waals surface area (Å²) in [4.78, 5) is 32.7. The number of hydrogen-bond acceptors (Lipinski definition) is 5. The van der Waals surface area contributed by atoms with E-state index in [1.54, 1.807) is 13.8 Å². The third-order valence-electron chi connectivity index (χ3n) is 5.64. The number of morpholine rings is 1. The van der Waals surface area contributed by atoms with Crippen LogP contribution in [0.15, 0.2) is 0 Å². The number of hydrogen-bond donors (Lipinski definition) is 1. The molecule has 3 atom stereocenters. The number of carbonyl (C=O) groups is 2. The lowest BCUT2D eigenvalue weighted by atomic mass is 10.1. The van der Waals surface area contributed by atoms with Gasteiger partial charge in [0.25, 0.3) is 5.91 Å². The molecule has 7 nitrogen and oxygen atoms in total. The molecule has 3 unspecified atom stereocenters. The Kier molecular flexibility index (Phi) is 5.91. The van der Waals surface area contributed by atoms with E-state index in [4.69, 9.17) is 9.47 Å². The molecule has 2 saturated heterocycles. The smallest absolute Gasteiger partial charge is 0.339 e. The number of likely N-dealkylation sites (tertiary alicyclic amines) is 1. The van der Waals surface area contributed by atoms with Gasteiger partial charge in [0.1, 0.15) is 5.69 Å². The molecule has 0 radical (unpaired) electrons. The molecule has 7 heteroatoms. The summed E-state index contributed by atoms with van der Waals surface area (Å²) >= 11 is 0. The molecular formula is C20H31N3O4. The molecule has 27 heavy (non-hydrogen) atoms. The molecule has 0 aromatic carbocycles. The van der Waals surface area contributed by atoms with Crippen LogP contribution in [-0.4, -0.2) is 78.2 Å². The number of aryl methyl sites for hydroxylation is 1. The van der Waals surface area contributed by atoms with Crippen LogP contribution in [0, 0.1) is 13.8 Å². The Morgan fingerprint density at radius 3 is 2.52 bits per heavy atom. The van der Waals surface area contributed by atoms with Crippen molar-refractivity contribution in [1.29, 1.82) is 0 Å². The van der Waals surface area contributed by atoms with E-state index in [0.29, 0.717) is 22.5 Å². The average molecular weight is 377 g/mol. The van der Waals surface area contributed by atoms with E-state index in [2.05, 4.69) is 23.7 Å². The second-order valence-electron chi connectivity index (χ2n) is 7.89. The summed E-state index contributed by atoms with van der Waals surface area (Å²) in [5.41, 5.74) is 2.31. The van der Waals surface area contributed by atoms with Crippen molar-refractivity contribution in [3.05, 3.63) is 22.5 Å². The van der Waals surface area contributed by atoms with Crippen LogP contribution >= 0.6 is 0 Å². The second kappa shape index (κ2) is 8.02. The quantitative estimate of drug-likeness (QED) is 0.814. The highest BCUT2D eigenvalue weighted by Crippen LogP contribution is 2.26. The molecule has 0 bridgehead atoms. The van der Waals surface area contributed by atoms with Crippen molar-refractivity contribution in [2.75, 3.05) is 33.3 Å². The SMILES string of the molecule is COC(=O)c1c(C)[nH]c(C(=O)N2CCCC2CN2CC(C)OC(C)C2)c1C. The first-order valence-corrected chi connectivity index (χ1v) is 9.78. The van der Waals surface area contributed by atoms with E-state index in [9.17, 15) is 9.59 Å². The lowest BCUT2D eigenvalue weighted by Crippen LogP contribution is -2.51. The highest BCUT2D eigenvalue weighted by molar-refractivity contribution is 6.00. The summed E-state index contributed by atoms with van der Waals surface area (Å²) in [6.45, 7) is 11.2. The van der Waals surface area contributed by atoms with E-state index in [1.807, 2.05) is 4.90 Å². The van der Waals surface area contributed by atoms with Gasteiger partial charge in [0.15, 0.2) is 0 Å². The fourth-order valence-electron chi connectivity index (χ4n) is 4.54. The number of H-pyrrole nitrogens is 1. The molecule has 2 fully saturated rings. The van der Waals surface area contributed by atoms with Crippen LogP contribution in [0.1, 0.15) is 58.8 Å². The lowest BCUT2D eigenvalue weighted by Gasteiger charge is -2.38. The Balaban J connectivity index is 1.75. The number of rotatable bonds is 4. The fourth-order valence-corrected chi connectivity index (χ4v) is 4.54. The number of nitrogens with zero attached hydrogens (tertiary/aromatic N) is 2. The van der Waals surface area contributed by atoms with Gasteiger partial charge in [-0.15, -0.1) is 0 Å². The van der Waals surface area contributed by atoms with E-state index in [0.717, 1.165) is 39.0 Å². The Labute approximate surface area is 161 Å². The van der Waals surface area contributed by atoms with Crippen LogP contribution in [0.2, 0.25) is 0 Å². The van der Waals surface area contributed by atoms with Gasteiger partial charge in [-0.3, -0.25) is 9.69 Å². The molecule has 0 spiro atoms. The molecule has 0 saturated carbocycles. The summed E-state index contributed by atoms with van der Waals surface area (Å²) < 4.78 is 10.7. The zero-order chi connectivity index (χ0) is 19.7. The predicted octanol–water partition coefficient (Wildman–Crippen LogP) is 2.13. The van der Waals surface area contributed by atoms with Crippen molar-refractivity contribution < 1.29 is 19.1 Å². The molecule has 1 aromatic heterocycles. The first kappa shape index (κ1) is 19.9. The average Bonchev–Trinajstić information content (AvgIpc) is 3.17. The van der Waals surface area contributed by atoms with Gasteiger partial charge in [0.05, 0.1) is 24.9 Å². The van der Waals surface area contributed by atoms with Gasteiger partial charge in [0.2, 0.25) is 0 Å². The van der Waals surface area contributed by atoms with Crippen LogP contribution in [0.4, 0.5) is 0 Å². The second-order valence-corrected chi connectivity index (χ2v) is 7.89. The highest BCUT2D eigenvalue weighted by atomic mass is 16.5. The third-order valence-corrected chi connectivity index (χ3v) is 5.64. The highest BCUT2D eigenvalue weighted by Gasteiger charge is 2.35. The largest absolute Gasteiger partial charge is 0.465 e. The molecule has 2 aliphatic rings. The van der Waals surface area contributed by atoms with Crippen molar-refractivity contribution in [2.45, 2.75) is 58.8 Å². The van der Waals surface area contributed by atoms with Crippen LogP contribution < -0.4 is 0 Å². The van der Waals surface area contributed by atoms with Crippen molar-refractivity contribution in [2.24, 2.45) is 0 Å². The number of amides is 1. The molecule has 3 rings (SSSR count). The summed E-state index contributed by atoms with van der Waals surface area (Å²) in [6, 6.07) is 0.194. The number of carbonyl (C=O) groups excluding carboxylic acids is 2. The van der Waals surface area contributed by atoms with Crippen molar-refractivity contribution in [1.82, 2.24) is 14.8 Å². The Morgan fingerprint density at radius 1 is 1.22 bits per heavy atom. The predicted molar refractivity (Wildman–Crippen MR) is 102 cm³/mol. The summed E-state index contributed by atoms with van der Waals surface area (Å²) in [5.74, 6) is -0.433. The maximum Gasteiger partial charge on any atom is 0.339 e. The standard InChI is InChI=1S/C20H31N3O4/c1-12-9-22(10-13(2)27-12)11-16-7-6-8-23(16)19(24)18-14(3)17(15(4)21-18)20(25)26-5/h12-13,16,21H,6-11H2,1-5H3. The zero-order valence-corrected chi connectivity index (χ0v) is 17.0. The van der Waals surface area contributed by atoms with Gasteiger partial charge in [-0.25, -0.2) is 4.79 Å². The maximum absolute atomic E-state index is 13.2. The summed E-state index contributed by atoms with van der Waals surface area (Å²) in [7, 11) is 1.36. The molecule has 1 aromatic rings. The lowest BCUT2D eigenvalue weighted by molar-refractivity contribution is -0.0715. The Hall–Kier alpha value is -1.86. The van der Waals surface area contributed by atoms with E-state index < -0.39 is 5.97 Å². The van der Waals surface area contributed by atoms with E-state index in [-0.39, 0.29) is 24.2 Å². The van der Waals surface area contributed by atoms with Crippen LogP contribution in [0.5, 0.6) is 0 Å². The first-order valence-electron chi connectivity index (χ1n) is 9.78. The normalized spacial score (nSPS) is 26.4. The number of aromatic amines is 1. The molecule has 1 amide bonds. The summed E-state index contributed by atoms with van der Waals surface area (Å²) in [5, 5.41) is 0. The zero-order valence-electron chi connectivity index (χ0n) is 17.0. The number of aromatic nitrogens is 1. The number of methoxy groups -OCH3 is 1. The third kappa shape index (κ3) is 4.04. The van der Waals surface area contributed by atoms with Crippen LogP contribution in [0.3, 0.4) is 0 Å². The number of esters is 1. The van der Waals surface area contributed by atoms with Gasteiger partial charge < -0.3 is 19.4 Å². The molecule has 3 heterocycles. The minimum Gasteiger partial charge on any atom is -0.465 e. The van der Waals surface area contributed by atoms with E-state index >= 15 is 0 Å². The minimum atomic E-state index is -0.408. The van der Waals surface area contributed by atoms with Crippen molar-refractivity contribution in [3.63, 3.8) is 0 Å². The van der Waals surface area contributed by atoms with Gasteiger partial charge in [-0.1, -0.05) is 0 Å². The van der Waals surface area contributed by atoms with Gasteiger partial charge in [0, 0.05) is 37.9 Å². The molecule has 0 aliphatic carbocycles. The van der Waals surface area contributed by atoms with Crippen molar-refractivity contribution >= 4 is 11.9 Å². The minimum absolute atomic E-state index is 0.0254. The van der Waals surface area contributed by atoms with Crippen molar-refractivity contribution in [3.8, 4) is 0 Å². The topological polar surface area (TPSA) is 74.9 Å². The first-order chi connectivity index (χ1) is 12.8. The number of ether oxygens (including phenoxy) is 2. The van der Waals surface area contributed by atoms with Gasteiger partial charge >= 0.3 is 5.97 Å². The Morgan fingerprint density at radius 2 is 1.89 bits per heavy atom. The monoisotopic (exact) mass is 377 g/mol. The Bertz CT molecular complexity index is 704. The molecule has 2 aliphatic heterocycles. The summed E-state index contributed by atoms with van der Waals surface area (Å²) in [6.07, 6.45) is 2.45. The molecule has 1 N–H and O–H groups in total. The fraction of sp³-hybridized carbons (Fsp3) is 0.700. The van der Waals surface area contributed by atoms with Crippen LogP contribution in [-0.2, 0) is 9.47 Å². The number of nitrogens with one attached hydrogen (secondary N) is 1. The van der Waals surface area contributed by atoms with Gasteiger partial charge in [-0.05, 0) is 46.1 Å². The van der Waals surface area contributed by atoms with E-state index in [1.165, 1.54) is 7.11 Å². The van der Waals surface area contributed by atoms with Crippen LogP contribution in [0.25, 0.3) is 0 Å². The maximum atomic E-state index is 13.2. The molecular weight excluding hydrogens is 346 g/mol.